The van der Waals surface area contributed by atoms with Crippen molar-refractivity contribution in [3.05, 3.63) is 29.8 Å². The van der Waals surface area contributed by atoms with Gasteiger partial charge in [-0.15, -0.1) is 0 Å². The number of benzene rings is 1. The van der Waals surface area contributed by atoms with Gasteiger partial charge in [0.25, 0.3) is 0 Å². The summed E-state index contributed by atoms with van der Waals surface area (Å²) in [4.78, 5) is 16.4. The molecule has 0 spiro atoms. The number of rotatable bonds is 4. The van der Waals surface area contributed by atoms with Crippen LogP contribution in [0.2, 0.25) is 0 Å². The fourth-order valence-electron chi connectivity index (χ4n) is 2.94. The Labute approximate surface area is 141 Å². The first-order valence-corrected chi connectivity index (χ1v) is 8.47. The van der Waals surface area contributed by atoms with Gasteiger partial charge in [0.05, 0.1) is 11.0 Å². The smallest absolute Gasteiger partial charge is 0.407 e. The number of amides is 1. The standard InChI is InChI=1S/C18H24FN3O2/c1-18(2,3)24-17(23)20-10-9-16-21-14-8-7-12(19)11-15(14)22(16)13-5-4-6-13/h7-8,11,13H,4-6,9-10H2,1-3H3,(H,20,23). The molecule has 1 amide bonds. The summed E-state index contributed by atoms with van der Waals surface area (Å²) in [6.45, 7) is 5.93. The van der Waals surface area contributed by atoms with Crippen LogP contribution in [0.15, 0.2) is 18.2 Å². The van der Waals surface area contributed by atoms with E-state index in [0.717, 1.165) is 29.7 Å². The highest BCUT2D eigenvalue weighted by Gasteiger charge is 2.25. The zero-order valence-corrected chi connectivity index (χ0v) is 14.4. The predicted octanol–water partition coefficient (Wildman–Crippen LogP) is 3.97. The van der Waals surface area contributed by atoms with Crippen LogP contribution in [0.5, 0.6) is 0 Å². The zero-order valence-electron chi connectivity index (χ0n) is 14.4. The molecule has 0 aliphatic heterocycles. The Bertz CT molecular complexity index is 745. The number of ether oxygens (including phenoxy) is 1. The molecule has 1 heterocycles. The van der Waals surface area contributed by atoms with E-state index in [9.17, 15) is 9.18 Å². The van der Waals surface area contributed by atoms with Crippen molar-refractivity contribution >= 4 is 17.1 Å². The van der Waals surface area contributed by atoms with Gasteiger partial charge < -0.3 is 14.6 Å². The molecule has 3 rings (SSSR count). The summed E-state index contributed by atoms with van der Waals surface area (Å²) in [7, 11) is 0. The second kappa shape index (κ2) is 6.42. The first-order chi connectivity index (χ1) is 11.3. The Kier molecular flexibility index (Phi) is 4.47. The van der Waals surface area contributed by atoms with E-state index in [4.69, 9.17) is 4.74 Å². The topological polar surface area (TPSA) is 56.1 Å². The number of halogens is 1. The van der Waals surface area contributed by atoms with Crippen LogP contribution in [-0.4, -0.2) is 27.8 Å². The van der Waals surface area contributed by atoms with Crippen LogP contribution >= 0.6 is 0 Å². The van der Waals surface area contributed by atoms with E-state index in [1.54, 1.807) is 12.1 Å². The summed E-state index contributed by atoms with van der Waals surface area (Å²) in [6, 6.07) is 5.08. The molecule has 0 unspecified atom stereocenters. The molecule has 0 atom stereocenters. The first kappa shape index (κ1) is 16.7. The summed E-state index contributed by atoms with van der Waals surface area (Å²) < 4.78 is 21.0. The Balaban J connectivity index is 1.73. The third kappa shape index (κ3) is 3.68. The number of nitrogens with one attached hydrogen (secondary N) is 1. The molecular formula is C18H24FN3O2. The zero-order chi connectivity index (χ0) is 17.3. The van der Waals surface area contributed by atoms with E-state index in [2.05, 4.69) is 14.9 Å². The molecule has 130 valence electrons. The van der Waals surface area contributed by atoms with Gasteiger partial charge in [-0.25, -0.2) is 14.2 Å². The maximum atomic E-state index is 13.6. The first-order valence-electron chi connectivity index (χ1n) is 8.47. The van der Waals surface area contributed by atoms with Crippen molar-refractivity contribution in [3.63, 3.8) is 0 Å². The lowest BCUT2D eigenvalue weighted by Gasteiger charge is -2.29. The molecule has 2 aromatic rings. The molecule has 1 aromatic carbocycles. The molecule has 1 aliphatic rings. The number of nitrogens with zero attached hydrogens (tertiary/aromatic N) is 2. The van der Waals surface area contributed by atoms with Crippen molar-refractivity contribution < 1.29 is 13.9 Å². The number of aromatic nitrogens is 2. The summed E-state index contributed by atoms with van der Waals surface area (Å²) in [5, 5.41) is 2.76. The van der Waals surface area contributed by atoms with Crippen molar-refractivity contribution in [2.24, 2.45) is 0 Å². The van der Waals surface area contributed by atoms with Crippen LogP contribution in [0.1, 0.15) is 51.9 Å². The maximum Gasteiger partial charge on any atom is 0.407 e. The Hall–Kier alpha value is -2.11. The van der Waals surface area contributed by atoms with E-state index in [0.29, 0.717) is 19.0 Å². The van der Waals surface area contributed by atoms with Gasteiger partial charge in [-0.2, -0.15) is 0 Å². The van der Waals surface area contributed by atoms with Crippen LogP contribution in [0, 0.1) is 5.82 Å². The average Bonchev–Trinajstić information content (AvgIpc) is 2.73. The summed E-state index contributed by atoms with van der Waals surface area (Å²) in [5.74, 6) is 0.637. The molecule has 0 bridgehead atoms. The van der Waals surface area contributed by atoms with Gasteiger partial charge in [0.2, 0.25) is 0 Å². The second-order valence-corrected chi connectivity index (χ2v) is 7.29. The van der Waals surface area contributed by atoms with Crippen LogP contribution in [0.25, 0.3) is 11.0 Å². The minimum absolute atomic E-state index is 0.249. The number of carbonyl (C=O) groups excluding carboxylic acids is 1. The van der Waals surface area contributed by atoms with Gasteiger partial charge in [0, 0.05) is 19.0 Å². The predicted molar refractivity (Wildman–Crippen MR) is 90.5 cm³/mol. The fraction of sp³-hybridized carbons (Fsp3) is 0.556. The highest BCUT2D eigenvalue weighted by molar-refractivity contribution is 5.76. The van der Waals surface area contributed by atoms with Crippen molar-refractivity contribution in [2.45, 2.75) is 58.1 Å². The van der Waals surface area contributed by atoms with Crippen molar-refractivity contribution in [1.82, 2.24) is 14.9 Å². The Morgan fingerprint density at radius 1 is 1.42 bits per heavy atom. The van der Waals surface area contributed by atoms with E-state index in [-0.39, 0.29) is 5.82 Å². The normalized spacial score (nSPS) is 15.3. The van der Waals surface area contributed by atoms with E-state index >= 15 is 0 Å². The number of imidazole rings is 1. The summed E-state index contributed by atoms with van der Waals surface area (Å²) in [5.41, 5.74) is 1.13. The highest BCUT2D eigenvalue weighted by Crippen LogP contribution is 2.35. The van der Waals surface area contributed by atoms with E-state index in [1.165, 1.54) is 12.5 Å². The monoisotopic (exact) mass is 333 g/mol. The largest absolute Gasteiger partial charge is 0.444 e. The van der Waals surface area contributed by atoms with E-state index < -0.39 is 11.7 Å². The van der Waals surface area contributed by atoms with Crippen LogP contribution < -0.4 is 5.32 Å². The minimum atomic E-state index is -0.513. The Morgan fingerprint density at radius 3 is 2.79 bits per heavy atom. The molecule has 1 aromatic heterocycles. The second-order valence-electron chi connectivity index (χ2n) is 7.29. The third-order valence-electron chi connectivity index (χ3n) is 4.18. The molecular weight excluding hydrogens is 309 g/mol. The number of carbonyl (C=O) groups is 1. The number of fused-ring (bicyclic) bond motifs is 1. The van der Waals surface area contributed by atoms with Crippen molar-refractivity contribution in [3.8, 4) is 0 Å². The molecule has 5 nitrogen and oxygen atoms in total. The van der Waals surface area contributed by atoms with E-state index in [1.807, 2.05) is 20.8 Å². The number of hydrogen-bond acceptors (Lipinski definition) is 3. The van der Waals surface area contributed by atoms with Crippen molar-refractivity contribution in [2.75, 3.05) is 6.54 Å². The van der Waals surface area contributed by atoms with Gasteiger partial charge in [-0.3, -0.25) is 0 Å². The van der Waals surface area contributed by atoms with Crippen LogP contribution in [0.3, 0.4) is 0 Å². The third-order valence-corrected chi connectivity index (χ3v) is 4.18. The number of alkyl carbamates (subject to hydrolysis) is 1. The summed E-state index contributed by atoms with van der Waals surface area (Å²) >= 11 is 0. The van der Waals surface area contributed by atoms with Gasteiger partial charge in [0.1, 0.15) is 17.2 Å². The molecule has 1 fully saturated rings. The van der Waals surface area contributed by atoms with Crippen molar-refractivity contribution in [1.29, 1.82) is 0 Å². The van der Waals surface area contributed by atoms with Gasteiger partial charge in [0.15, 0.2) is 0 Å². The maximum absolute atomic E-state index is 13.6. The molecule has 0 radical (unpaired) electrons. The number of hydrogen-bond donors (Lipinski definition) is 1. The molecule has 1 saturated carbocycles. The van der Waals surface area contributed by atoms with Crippen LogP contribution in [0.4, 0.5) is 9.18 Å². The van der Waals surface area contributed by atoms with Gasteiger partial charge >= 0.3 is 6.09 Å². The SMILES string of the molecule is CC(C)(C)OC(=O)NCCc1nc2ccc(F)cc2n1C1CCC1. The molecule has 1 aliphatic carbocycles. The lowest BCUT2D eigenvalue weighted by Crippen LogP contribution is -2.34. The quantitative estimate of drug-likeness (QED) is 0.921. The molecule has 24 heavy (non-hydrogen) atoms. The summed E-state index contributed by atoms with van der Waals surface area (Å²) in [6.07, 6.45) is 3.53. The molecule has 6 heteroatoms. The van der Waals surface area contributed by atoms with Gasteiger partial charge in [-0.1, -0.05) is 0 Å². The molecule has 0 saturated heterocycles. The lowest BCUT2D eigenvalue weighted by atomic mass is 9.92. The minimum Gasteiger partial charge on any atom is -0.444 e. The van der Waals surface area contributed by atoms with Crippen LogP contribution in [-0.2, 0) is 11.2 Å². The lowest BCUT2D eigenvalue weighted by molar-refractivity contribution is 0.0528. The average molecular weight is 333 g/mol. The fourth-order valence-corrected chi connectivity index (χ4v) is 2.94. The highest BCUT2D eigenvalue weighted by atomic mass is 19.1. The molecule has 1 N–H and O–H groups in total. The van der Waals surface area contributed by atoms with Gasteiger partial charge in [-0.05, 0) is 58.2 Å². The Morgan fingerprint density at radius 2 is 2.17 bits per heavy atom.